The quantitative estimate of drug-likeness (QED) is 0.607. The molecule has 0 radical (unpaired) electrons. The zero-order valence-corrected chi connectivity index (χ0v) is 7.41. The lowest BCUT2D eigenvalue weighted by Crippen LogP contribution is -2.00. The van der Waals surface area contributed by atoms with Crippen LogP contribution in [0.1, 0.15) is 11.4 Å². The highest BCUT2D eigenvalue weighted by molar-refractivity contribution is 6.06. The normalized spacial score (nSPS) is 11.3. The van der Waals surface area contributed by atoms with E-state index in [1.807, 2.05) is 25.1 Å². The topological polar surface area (TPSA) is 25.2 Å². The number of hydrogen-bond acceptors (Lipinski definition) is 2. The molecule has 0 aromatic carbocycles. The van der Waals surface area contributed by atoms with Crippen LogP contribution in [0, 0.1) is 6.92 Å². The second-order valence-corrected chi connectivity index (χ2v) is 2.48. The lowest BCUT2D eigenvalue weighted by Gasteiger charge is -1.99. The molecule has 2 heteroatoms. The standard InChI is InChI=1S/C10H12N2/c1-4-9(11-3)10-7-5-6-8(2)12-10/h4-7H,1H2,2-3H3. The average Bonchev–Trinajstić information content (AvgIpc) is 2.07. The molecule has 1 heterocycles. The zero-order valence-electron chi connectivity index (χ0n) is 7.41. The summed E-state index contributed by atoms with van der Waals surface area (Å²) >= 11 is 0. The van der Waals surface area contributed by atoms with Crippen LogP contribution in [0.3, 0.4) is 0 Å². The molecule has 0 spiro atoms. The fourth-order valence-electron chi connectivity index (χ4n) is 0.996. The van der Waals surface area contributed by atoms with E-state index in [4.69, 9.17) is 0 Å². The van der Waals surface area contributed by atoms with Gasteiger partial charge in [-0.1, -0.05) is 12.6 Å². The molecule has 12 heavy (non-hydrogen) atoms. The monoisotopic (exact) mass is 160 g/mol. The summed E-state index contributed by atoms with van der Waals surface area (Å²) in [6.45, 7) is 5.63. The number of nitrogens with zero attached hydrogens (tertiary/aromatic N) is 2. The van der Waals surface area contributed by atoms with Crippen molar-refractivity contribution in [3.05, 3.63) is 42.2 Å². The molecule has 1 aromatic rings. The van der Waals surface area contributed by atoms with Gasteiger partial charge in [0.2, 0.25) is 0 Å². The molecule has 0 aliphatic rings. The van der Waals surface area contributed by atoms with Gasteiger partial charge in [0.1, 0.15) is 0 Å². The molecule has 1 rings (SSSR count). The number of allylic oxidation sites excluding steroid dienone is 1. The molecule has 0 saturated heterocycles. The van der Waals surface area contributed by atoms with Gasteiger partial charge >= 0.3 is 0 Å². The van der Waals surface area contributed by atoms with E-state index in [1.165, 1.54) is 0 Å². The lowest BCUT2D eigenvalue weighted by molar-refractivity contribution is 1.18. The maximum Gasteiger partial charge on any atom is 0.0884 e. The lowest BCUT2D eigenvalue weighted by atomic mass is 10.2. The van der Waals surface area contributed by atoms with Crippen molar-refractivity contribution in [2.75, 3.05) is 7.05 Å². The maximum absolute atomic E-state index is 4.31. The van der Waals surface area contributed by atoms with Crippen LogP contribution in [0.5, 0.6) is 0 Å². The van der Waals surface area contributed by atoms with Crippen LogP contribution in [0.15, 0.2) is 35.8 Å². The molecular weight excluding hydrogens is 148 g/mol. The van der Waals surface area contributed by atoms with Crippen molar-refractivity contribution in [2.24, 2.45) is 4.99 Å². The van der Waals surface area contributed by atoms with Crippen LogP contribution >= 0.6 is 0 Å². The molecule has 0 bridgehead atoms. The Bertz CT molecular complexity index is 313. The van der Waals surface area contributed by atoms with Crippen LogP contribution in [0.2, 0.25) is 0 Å². The molecule has 0 unspecified atom stereocenters. The van der Waals surface area contributed by atoms with E-state index < -0.39 is 0 Å². The van der Waals surface area contributed by atoms with Crippen LogP contribution in [-0.4, -0.2) is 17.7 Å². The summed E-state index contributed by atoms with van der Waals surface area (Å²) in [5.41, 5.74) is 2.71. The van der Waals surface area contributed by atoms with Crippen LogP contribution in [0.25, 0.3) is 0 Å². The zero-order chi connectivity index (χ0) is 8.97. The number of hydrogen-bond donors (Lipinski definition) is 0. The molecule has 0 amide bonds. The fraction of sp³-hybridized carbons (Fsp3) is 0.200. The SMILES string of the molecule is C=CC(=NC)c1cccc(C)n1. The van der Waals surface area contributed by atoms with Crippen molar-refractivity contribution >= 4 is 5.71 Å². The first-order valence-electron chi connectivity index (χ1n) is 3.81. The molecule has 0 atom stereocenters. The van der Waals surface area contributed by atoms with E-state index in [0.29, 0.717) is 0 Å². The number of aliphatic imine (C=N–C) groups is 1. The Morgan fingerprint density at radius 2 is 2.33 bits per heavy atom. The third-order valence-corrected chi connectivity index (χ3v) is 1.59. The van der Waals surface area contributed by atoms with Crippen molar-refractivity contribution in [2.45, 2.75) is 6.92 Å². The highest BCUT2D eigenvalue weighted by Gasteiger charge is 1.98. The van der Waals surface area contributed by atoms with E-state index in [1.54, 1.807) is 13.1 Å². The van der Waals surface area contributed by atoms with Gasteiger partial charge in [-0.2, -0.15) is 0 Å². The van der Waals surface area contributed by atoms with Crippen LogP contribution < -0.4 is 0 Å². The molecule has 2 nitrogen and oxygen atoms in total. The van der Waals surface area contributed by atoms with Gasteiger partial charge in [-0.15, -0.1) is 0 Å². The number of pyridine rings is 1. The Hall–Kier alpha value is -1.44. The van der Waals surface area contributed by atoms with E-state index in [9.17, 15) is 0 Å². The van der Waals surface area contributed by atoms with E-state index >= 15 is 0 Å². The molecule has 0 N–H and O–H groups in total. The van der Waals surface area contributed by atoms with Gasteiger partial charge in [0, 0.05) is 12.7 Å². The minimum Gasteiger partial charge on any atom is -0.286 e. The number of aryl methyl sites for hydroxylation is 1. The Labute approximate surface area is 72.7 Å². The molecule has 0 fully saturated rings. The summed E-state index contributed by atoms with van der Waals surface area (Å²) in [7, 11) is 1.74. The summed E-state index contributed by atoms with van der Waals surface area (Å²) in [4.78, 5) is 8.37. The van der Waals surface area contributed by atoms with Crippen molar-refractivity contribution in [1.82, 2.24) is 4.98 Å². The van der Waals surface area contributed by atoms with Crippen molar-refractivity contribution in [3.8, 4) is 0 Å². The van der Waals surface area contributed by atoms with Gasteiger partial charge in [0.25, 0.3) is 0 Å². The van der Waals surface area contributed by atoms with Gasteiger partial charge in [0.15, 0.2) is 0 Å². The molecule has 0 aliphatic heterocycles. The third-order valence-electron chi connectivity index (χ3n) is 1.59. The van der Waals surface area contributed by atoms with E-state index in [0.717, 1.165) is 17.1 Å². The molecule has 0 saturated carbocycles. The third kappa shape index (κ3) is 1.78. The van der Waals surface area contributed by atoms with Gasteiger partial charge < -0.3 is 0 Å². The average molecular weight is 160 g/mol. The summed E-state index contributed by atoms with van der Waals surface area (Å²) in [6.07, 6.45) is 1.71. The van der Waals surface area contributed by atoms with E-state index in [2.05, 4.69) is 16.6 Å². The highest BCUT2D eigenvalue weighted by atomic mass is 14.8. The molecule has 62 valence electrons. The van der Waals surface area contributed by atoms with Crippen LogP contribution in [0.4, 0.5) is 0 Å². The van der Waals surface area contributed by atoms with Crippen molar-refractivity contribution < 1.29 is 0 Å². The predicted molar refractivity (Wildman–Crippen MR) is 51.6 cm³/mol. The second kappa shape index (κ2) is 3.81. The minimum absolute atomic E-state index is 0.832. The number of rotatable bonds is 2. The van der Waals surface area contributed by atoms with Crippen molar-refractivity contribution in [1.29, 1.82) is 0 Å². The first-order chi connectivity index (χ1) is 5.77. The molecular formula is C10H12N2. The summed E-state index contributed by atoms with van der Waals surface area (Å²) in [5, 5.41) is 0. The maximum atomic E-state index is 4.31. The summed E-state index contributed by atoms with van der Waals surface area (Å²) < 4.78 is 0. The predicted octanol–water partition coefficient (Wildman–Crippen LogP) is 1.99. The van der Waals surface area contributed by atoms with E-state index in [-0.39, 0.29) is 0 Å². The van der Waals surface area contributed by atoms with Gasteiger partial charge in [-0.25, -0.2) is 0 Å². The molecule has 0 aliphatic carbocycles. The highest BCUT2D eigenvalue weighted by Crippen LogP contribution is 2.00. The minimum atomic E-state index is 0.832. The van der Waals surface area contributed by atoms with Gasteiger partial charge in [-0.05, 0) is 25.1 Å². The van der Waals surface area contributed by atoms with Crippen LogP contribution in [-0.2, 0) is 0 Å². The van der Waals surface area contributed by atoms with Gasteiger partial charge in [-0.3, -0.25) is 9.98 Å². The first kappa shape index (κ1) is 8.65. The smallest absolute Gasteiger partial charge is 0.0884 e. The fourth-order valence-corrected chi connectivity index (χ4v) is 0.996. The second-order valence-electron chi connectivity index (χ2n) is 2.48. The Kier molecular flexibility index (Phi) is 2.75. The Morgan fingerprint density at radius 1 is 1.58 bits per heavy atom. The Morgan fingerprint density at radius 3 is 2.83 bits per heavy atom. The largest absolute Gasteiger partial charge is 0.286 e. The molecule has 1 aromatic heterocycles. The summed E-state index contributed by atoms with van der Waals surface area (Å²) in [6, 6.07) is 5.85. The van der Waals surface area contributed by atoms with Gasteiger partial charge in [0.05, 0.1) is 11.4 Å². The first-order valence-corrected chi connectivity index (χ1v) is 3.81. The summed E-state index contributed by atoms with van der Waals surface area (Å²) in [5.74, 6) is 0. The Balaban J connectivity index is 3.10. The number of aromatic nitrogens is 1. The van der Waals surface area contributed by atoms with Crippen molar-refractivity contribution in [3.63, 3.8) is 0 Å².